The number of nitrogens with one attached hydrogen (secondary N) is 1. The first-order valence-electron chi connectivity index (χ1n) is 8.23. The van der Waals surface area contributed by atoms with E-state index in [4.69, 9.17) is 0 Å². The van der Waals surface area contributed by atoms with Gasteiger partial charge in [-0.05, 0) is 31.9 Å². The maximum absolute atomic E-state index is 12.8. The molecule has 1 aliphatic heterocycles. The predicted molar refractivity (Wildman–Crippen MR) is 87.3 cm³/mol. The van der Waals surface area contributed by atoms with E-state index in [1.165, 1.54) is 12.8 Å². The second-order valence-corrected chi connectivity index (χ2v) is 7.61. The van der Waals surface area contributed by atoms with Crippen molar-refractivity contribution in [2.75, 3.05) is 12.8 Å². The van der Waals surface area contributed by atoms with Crippen molar-refractivity contribution in [1.82, 2.24) is 10.2 Å². The van der Waals surface area contributed by atoms with Gasteiger partial charge < -0.3 is 10.2 Å². The van der Waals surface area contributed by atoms with Crippen molar-refractivity contribution in [3.05, 3.63) is 0 Å². The maximum atomic E-state index is 12.8. The summed E-state index contributed by atoms with van der Waals surface area (Å²) in [5.41, 5.74) is 0. The molecule has 1 heterocycles. The third-order valence-corrected chi connectivity index (χ3v) is 6.35. The van der Waals surface area contributed by atoms with Gasteiger partial charge in [0.25, 0.3) is 0 Å². The molecule has 2 fully saturated rings. The van der Waals surface area contributed by atoms with E-state index in [-0.39, 0.29) is 28.6 Å². The molecule has 2 aliphatic rings. The summed E-state index contributed by atoms with van der Waals surface area (Å²) in [4.78, 5) is 27.0. The minimum absolute atomic E-state index is 0.0322. The Morgan fingerprint density at radius 2 is 1.95 bits per heavy atom. The first-order chi connectivity index (χ1) is 10.1. The minimum Gasteiger partial charge on any atom is -0.343 e. The molecular weight excluding hydrogens is 284 g/mol. The summed E-state index contributed by atoms with van der Waals surface area (Å²) in [5.74, 6) is 0.161. The molecule has 0 aromatic carbocycles. The standard InChI is InChI=1S/C16H28N2O2S/c1-4-8-12-15(20)18(13(5-2)14(19)17-12)11-16(21-3)9-6-7-10-16/h12-13H,4-11H2,1-3H3,(H,17,19). The van der Waals surface area contributed by atoms with Gasteiger partial charge in [0.2, 0.25) is 11.8 Å². The van der Waals surface area contributed by atoms with Crippen LogP contribution in [-0.4, -0.2) is 46.3 Å². The maximum Gasteiger partial charge on any atom is 0.245 e. The first-order valence-corrected chi connectivity index (χ1v) is 9.45. The highest BCUT2D eigenvalue weighted by molar-refractivity contribution is 8.00. The van der Waals surface area contributed by atoms with Crippen LogP contribution in [0.25, 0.3) is 0 Å². The molecule has 0 bridgehead atoms. The molecule has 2 rings (SSSR count). The monoisotopic (exact) mass is 312 g/mol. The van der Waals surface area contributed by atoms with Crippen molar-refractivity contribution in [3.8, 4) is 0 Å². The number of hydrogen-bond acceptors (Lipinski definition) is 3. The van der Waals surface area contributed by atoms with Crippen LogP contribution in [0.4, 0.5) is 0 Å². The van der Waals surface area contributed by atoms with Crippen molar-refractivity contribution in [1.29, 1.82) is 0 Å². The van der Waals surface area contributed by atoms with E-state index in [0.717, 1.165) is 32.2 Å². The van der Waals surface area contributed by atoms with Crippen molar-refractivity contribution in [2.24, 2.45) is 0 Å². The topological polar surface area (TPSA) is 49.4 Å². The fraction of sp³-hybridized carbons (Fsp3) is 0.875. The third kappa shape index (κ3) is 3.38. The van der Waals surface area contributed by atoms with Gasteiger partial charge in [-0.3, -0.25) is 9.59 Å². The quantitative estimate of drug-likeness (QED) is 0.820. The molecule has 4 nitrogen and oxygen atoms in total. The Kier molecular flexibility index (Phi) is 5.58. The molecule has 2 amide bonds. The smallest absolute Gasteiger partial charge is 0.245 e. The lowest BCUT2D eigenvalue weighted by atomic mass is 9.98. The molecule has 0 spiro atoms. The Morgan fingerprint density at radius 3 is 2.48 bits per heavy atom. The van der Waals surface area contributed by atoms with E-state index in [0.29, 0.717) is 6.42 Å². The molecule has 120 valence electrons. The zero-order valence-electron chi connectivity index (χ0n) is 13.5. The van der Waals surface area contributed by atoms with Crippen LogP contribution in [0.5, 0.6) is 0 Å². The SMILES string of the molecule is CCCC1NC(=O)C(CC)N(CC2(SC)CCCC2)C1=O. The average molecular weight is 312 g/mol. The summed E-state index contributed by atoms with van der Waals surface area (Å²) >= 11 is 1.88. The number of rotatable bonds is 6. The molecular formula is C16H28N2O2S. The van der Waals surface area contributed by atoms with E-state index in [9.17, 15) is 9.59 Å². The Labute approximate surface area is 132 Å². The Balaban J connectivity index is 2.18. The molecule has 0 aromatic rings. The highest BCUT2D eigenvalue weighted by atomic mass is 32.2. The molecule has 1 saturated heterocycles. The van der Waals surface area contributed by atoms with Gasteiger partial charge in [0.15, 0.2) is 0 Å². The summed E-state index contributed by atoms with van der Waals surface area (Å²) in [6, 6.07) is -0.596. The van der Waals surface area contributed by atoms with Gasteiger partial charge in [-0.15, -0.1) is 0 Å². The highest BCUT2D eigenvalue weighted by Crippen LogP contribution is 2.41. The molecule has 0 radical (unpaired) electrons. The average Bonchev–Trinajstić information content (AvgIpc) is 2.94. The van der Waals surface area contributed by atoms with Gasteiger partial charge in [0.05, 0.1) is 0 Å². The zero-order valence-corrected chi connectivity index (χ0v) is 14.3. The van der Waals surface area contributed by atoms with Gasteiger partial charge in [0, 0.05) is 11.3 Å². The molecule has 1 aliphatic carbocycles. The molecule has 5 heteroatoms. The summed E-state index contributed by atoms with van der Waals surface area (Å²) in [6.45, 7) is 4.78. The number of thioether (sulfide) groups is 1. The lowest BCUT2D eigenvalue weighted by Crippen LogP contribution is -2.65. The zero-order chi connectivity index (χ0) is 15.5. The fourth-order valence-electron chi connectivity index (χ4n) is 3.66. The largest absolute Gasteiger partial charge is 0.343 e. The highest BCUT2D eigenvalue weighted by Gasteiger charge is 2.44. The number of hydrogen-bond donors (Lipinski definition) is 1. The second-order valence-electron chi connectivity index (χ2n) is 6.33. The van der Waals surface area contributed by atoms with Crippen molar-refractivity contribution in [3.63, 3.8) is 0 Å². The van der Waals surface area contributed by atoms with Crippen LogP contribution in [0.15, 0.2) is 0 Å². The number of nitrogens with zero attached hydrogens (tertiary/aromatic N) is 1. The van der Waals surface area contributed by atoms with Gasteiger partial charge in [-0.25, -0.2) is 0 Å². The van der Waals surface area contributed by atoms with Crippen LogP contribution < -0.4 is 5.32 Å². The molecule has 2 unspecified atom stereocenters. The van der Waals surface area contributed by atoms with Crippen LogP contribution >= 0.6 is 11.8 Å². The lowest BCUT2D eigenvalue weighted by Gasteiger charge is -2.43. The Hall–Kier alpha value is -0.710. The number of carbonyl (C=O) groups excluding carboxylic acids is 2. The second kappa shape index (κ2) is 7.03. The number of amides is 2. The van der Waals surface area contributed by atoms with Gasteiger partial charge >= 0.3 is 0 Å². The van der Waals surface area contributed by atoms with Crippen LogP contribution in [-0.2, 0) is 9.59 Å². The molecule has 0 aromatic heterocycles. The summed E-state index contributed by atoms with van der Waals surface area (Å²) in [5, 5.41) is 2.92. The normalized spacial score (nSPS) is 28.8. The molecule has 1 saturated carbocycles. The number of piperazine rings is 1. The fourth-order valence-corrected chi connectivity index (χ4v) is 4.62. The van der Waals surface area contributed by atoms with Crippen molar-refractivity contribution >= 4 is 23.6 Å². The van der Waals surface area contributed by atoms with Crippen molar-refractivity contribution < 1.29 is 9.59 Å². The Bertz CT molecular complexity index is 394. The summed E-state index contributed by atoms with van der Waals surface area (Å²) in [6.07, 6.45) is 9.29. The third-order valence-electron chi connectivity index (χ3n) is 4.95. The number of carbonyl (C=O) groups is 2. The molecule has 2 atom stereocenters. The van der Waals surface area contributed by atoms with E-state index in [1.54, 1.807) is 0 Å². The van der Waals surface area contributed by atoms with Gasteiger partial charge in [-0.2, -0.15) is 11.8 Å². The van der Waals surface area contributed by atoms with E-state index >= 15 is 0 Å². The van der Waals surface area contributed by atoms with Gasteiger partial charge in [-0.1, -0.05) is 33.1 Å². The van der Waals surface area contributed by atoms with E-state index in [2.05, 4.69) is 18.5 Å². The van der Waals surface area contributed by atoms with Crippen LogP contribution in [0, 0.1) is 0 Å². The van der Waals surface area contributed by atoms with Crippen molar-refractivity contribution in [2.45, 2.75) is 75.6 Å². The lowest BCUT2D eigenvalue weighted by molar-refractivity contribution is -0.150. The van der Waals surface area contributed by atoms with Crippen LogP contribution in [0.1, 0.15) is 58.8 Å². The molecule has 1 N–H and O–H groups in total. The predicted octanol–water partition coefficient (Wildman–Crippen LogP) is 2.57. The Morgan fingerprint density at radius 1 is 1.29 bits per heavy atom. The summed E-state index contributed by atoms with van der Waals surface area (Å²) < 4.78 is 0.164. The van der Waals surface area contributed by atoms with E-state index < -0.39 is 0 Å². The first kappa shape index (κ1) is 16.7. The van der Waals surface area contributed by atoms with E-state index in [1.807, 2.05) is 23.6 Å². The minimum atomic E-state index is -0.314. The van der Waals surface area contributed by atoms with Gasteiger partial charge in [0.1, 0.15) is 12.1 Å². The summed E-state index contributed by atoms with van der Waals surface area (Å²) in [7, 11) is 0. The molecule has 21 heavy (non-hydrogen) atoms. The van der Waals surface area contributed by atoms with Crippen LogP contribution in [0.3, 0.4) is 0 Å². The van der Waals surface area contributed by atoms with Crippen LogP contribution in [0.2, 0.25) is 0 Å².